The molecule has 0 aliphatic heterocycles. The van der Waals surface area contributed by atoms with Gasteiger partial charge in [0.15, 0.2) is 0 Å². The highest BCUT2D eigenvalue weighted by Crippen LogP contribution is 2.20. The van der Waals surface area contributed by atoms with Crippen molar-refractivity contribution in [3.05, 3.63) is 28.8 Å². The van der Waals surface area contributed by atoms with Crippen molar-refractivity contribution in [2.45, 2.75) is 11.0 Å². The molecule has 1 aromatic carbocycles. The third-order valence-corrected chi connectivity index (χ3v) is 4.42. The van der Waals surface area contributed by atoms with Gasteiger partial charge in [-0.05, 0) is 18.2 Å². The van der Waals surface area contributed by atoms with Crippen LogP contribution in [0, 0.1) is 0 Å². The van der Waals surface area contributed by atoms with Crippen molar-refractivity contribution < 1.29 is 27.8 Å². The van der Waals surface area contributed by atoms with E-state index in [0.717, 1.165) is 6.07 Å². The fourth-order valence-corrected chi connectivity index (χ4v) is 2.81. The standard InChI is InChI=1S/C12H16ClNO6S/c1-19-7-8(20-2)6-14-21(17,18)9-3-4-11(13)10(5-9)12(15)16/h3-5,8,14H,6-7H2,1-2H3,(H,15,16). The molecule has 7 nitrogen and oxygen atoms in total. The zero-order valence-electron chi connectivity index (χ0n) is 11.5. The van der Waals surface area contributed by atoms with Crippen LogP contribution in [0.1, 0.15) is 10.4 Å². The lowest BCUT2D eigenvalue weighted by molar-refractivity contribution is 0.0320. The van der Waals surface area contributed by atoms with Crippen LogP contribution in [-0.4, -0.2) is 53.0 Å². The molecule has 1 unspecified atom stereocenters. The Morgan fingerprint density at radius 2 is 2.10 bits per heavy atom. The van der Waals surface area contributed by atoms with E-state index < -0.39 is 22.1 Å². The van der Waals surface area contributed by atoms with Gasteiger partial charge in [0.2, 0.25) is 10.0 Å². The summed E-state index contributed by atoms with van der Waals surface area (Å²) in [7, 11) is -0.960. The van der Waals surface area contributed by atoms with Gasteiger partial charge in [-0.25, -0.2) is 17.9 Å². The number of hydrogen-bond acceptors (Lipinski definition) is 5. The molecule has 0 aliphatic rings. The number of carbonyl (C=O) groups is 1. The average molecular weight is 338 g/mol. The quantitative estimate of drug-likeness (QED) is 0.733. The van der Waals surface area contributed by atoms with Gasteiger partial charge in [0, 0.05) is 20.8 Å². The Morgan fingerprint density at radius 1 is 1.43 bits per heavy atom. The van der Waals surface area contributed by atoms with Crippen LogP contribution in [0.2, 0.25) is 5.02 Å². The molecule has 0 saturated heterocycles. The molecule has 0 aliphatic carbocycles. The third kappa shape index (κ3) is 4.94. The third-order valence-electron chi connectivity index (χ3n) is 2.67. The summed E-state index contributed by atoms with van der Waals surface area (Å²) in [5.41, 5.74) is -0.278. The van der Waals surface area contributed by atoms with E-state index in [1.165, 1.54) is 26.4 Å². The molecule has 0 fully saturated rings. The second kappa shape index (κ2) is 7.71. The number of methoxy groups -OCH3 is 2. The lowest BCUT2D eigenvalue weighted by Crippen LogP contribution is -2.35. The zero-order valence-corrected chi connectivity index (χ0v) is 13.1. The predicted octanol–water partition coefficient (Wildman–Crippen LogP) is 0.978. The first-order chi connectivity index (χ1) is 9.81. The van der Waals surface area contributed by atoms with E-state index in [1.54, 1.807) is 0 Å². The van der Waals surface area contributed by atoms with Crippen molar-refractivity contribution in [2.24, 2.45) is 0 Å². The number of aromatic carboxylic acids is 1. The number of carboxylic acids is 1. The molecule has 1 atom stereocenters. The molecule has 118 valence electrons. The number of ether oxygens (including phenoxy) is 2. The number of benzene rings is 1. The van der Waals surface area contributed by atoms with Gasteiger partial charge in [0.1, 0.15) is 0 Å². The maximum absolute atomic E-state index is 12.1. The van der Waals surface area contributed by atoms with Crippen molar-refractivity contribution in [3.63, 3.8) is 0 Å². The molecule has 0 saturated carbocycles. The molecule has 0 bridgehead atoms. The minimum Gasteiger partial charge on any atom is -0.478 e. The molecular formula is C12H16ClNO6S. The molecule has 1 rings (SSSR count). The number of rotatable bonds is 8. The van der Waals surface area contributed by atoms with Gasteiger partial charge in [-0.3, -0.25) is 0 Å². The van der Waals surface area contributed by atoms with E-state index in [2.05, 4.69) is 4.72 Å². The molecule has 21 heavy (non-hydrogen) atoms. The van der Waals surface area contributed by atoms with Gasteiger partial charge >= 0.3 is 5.97 Å². The van der Waals surface area contributed by atoms with Crippen LogP contribution in [0.3, 0.4) is 0 Å². The fourth-order valence-electron chi connectivity index (χ4n) is 1.52. The Balaban J connectivity index is 2.93. The van der Waals surface area contributed by atoms with Crippen molar-refractivity contribution in [1.29, 1.82) is 0 Å². The van der Waals surface area contributed by atoms with E-state index >= 15 is 0 Å². The molecular weight excluding hydrogens is 322 g/mol. The number of hydrogen-bond donors (Lipinski definition) is 2. The monoisotopic (exact) mass is 337 g/mol. The number of carboxylic acid groups (broad SMARTS) is 1. The summed E-state index contributed by atoms with van der Waals surface area (Å²) in [4.78, 5) is 10.8. The summed E-state index contributed by atoms with van der Waals surface area (Å²) in [5, 5.41) is 8.91. The minimum absolute atomic E-state index is 0.00228. The molecule has 0 heterocycles. The zero-order chi connectivity index (χ0) is 16.0. The van der Waals surface area contributed by atoms with E-state index in [0.29, 0.717) is 0 Å². The van der Waals surface area contributed by atoms with E-state index in [1.807, 2.05) is 0 Å². The maximum atomic E-state index is 12.1. The highest BCUT2D eigenvalue weighted by molar-refractivity contribution is 7.89. The predicted molar refractivity (Wildman–Crippen MR) is 76.3 cm³/mol. The van der Waals surface area contributed by atoms with Gasteiger partial charge in [0.25, 0.3) is 0 Å². The lowest BCUT2D eigenvalue weighted by atomic mass is 10.2. The molecule has 0 radical (unpaired) electrons. The molecule has 0 aromatic heterocycles. The van der Waals surface area contributed by atoms with Crippen molar-refractivity contribution >= 4 is 27.6 Å². The van der Waals surface area contributed by atoms with Crippen LogP contribution < -0.4 is 4.72 Å². The highest BCUT2D eigenvalue weighted by Gasteiger charge is 2.19. The number of halogens is 1. The molecule has 9 heteroatoms. The first-order valence-corrected chi connectivity index (χ1v) is 7.72. The van der Waals surface area contributed by atoms with Crippen molar-refractivity contribution in [1.82, 2.24) is 4.72 Å². The second-order valence-corrected chi connectivity index (χ2v) is 6.29. The normalized spacial score (nSPS) is 13.1. The first kappa shape index (κ1) is 17.9. The number of nitrogens with one attached hydrogen (secondary N) is 1. The fraction of sp³-hybridized carbons (Fsp3) is 0.417. The average Bonchev–Trinajstić information content (AvgIpc) is 2.43. The Bertz CT molecular complexity index is 604. The summed E-state index contributed by atoms with van der Waals surface area (Å²) in [6, 6.07) is 3.46. The van der Waals surface area contributed by atoms with Crippen LogP contribution in [0.4, 0.5) is 0 Å². The van der Waals surface area contributed by atoms with E-state index in [4.69, 9.17) is 26.2 Å². The summed E-state index contributed by atoms with van der Waals surface area (Å²) in [5.74, 6) is -1.30. The molecule has 1 aromatic rings. The Labute approximate surface area is 127 Å². The maximum Gasteiger partial charge on any atom is 0.337 e. The first-order valence-electron chi connectivity index (χ1n) is 5.86. The molecule has 0 spiro atoms. The van der Waals surface area contributed by atoms with Gasteiger partial charge in [0.05, 0.1) is 28.2 Å². The highest BCUT2D eigenvalue weighted by atomic mass is 35.5. The van der Waals surface area contributed by atoms with Crippen LogP contribution in [-0.2, 0) is 19.5 Å². The summed E-state index contributed by atoms with van der Waals surface area (Å²) in [6.45, 7) is 0.220. The summed E-state index contributed by atoms with van der Waals surface area (Å²) in [6.07, 6.45) is -0.448. The van der Waals surface area contributed by atoms with Gasteiger partial charge < -0.3 is 14.6 Å². The van der Waals surface area contributed by atoms with Crippen molar-refractivity contribution in [2.75, 3.05) is 27.4 Å². The number of sulfonamides is 1. The van der Waals surface area contributed by atoms with Gasteiger partial charge in [-0.1, -0.05) is 11.6 Å². The van der Waals surface area contributed by atoms with Crippen molar-refractivity contribution in [3.8, 4) is 0 Å². The largest absolute Gasteiger partial charge is 0.478 e. The molecule has 0 amide bonds. The Hall–Kier alpha value is -1.19. The van der Waals surface area contributed by atoms with Crippen LogP contribution in [0.25, 0.3) is 0 Å². The summed E-state index contributed by atoms with van der Waals surface area (Å²) >= 11 is 5.70. The van der Waals surface area contributed by atoms with Crippen LogP contribution in [0.5, 0.6) is 0 Å². The smallest absolute Gasteiger partial charge is 0.337 e. The summed E-state index contributed by atoms with van der Waals surface area (Å²) < 4.78 is 36.4. The second-order valence-electron chi connectivity index (χ2n) is 4.11. The molecule has 2 N–H and O–H groups in total. The topological polar surface area (TPSA) is 102 Å². The van der Waals surface area contributed by atoms with E-state index in [9.17, 15) is 13.2 Å². The SMILES string of the molecule is COCC(CNS(=O)(=O)c1ccc(Cl)c(C(=O)O)c1)OC. The minimum atomic E-state index is -3.86. The van der Waals surface area contributed by atoms with Gasteiger partial charge in [-0.2, -0.15) is 0 Å². The Morgan fingerprint density at radius 3 is 2.62 bits per heavy atom. The van der Waals surface area contributed by atoms with Crippen LogP contribution in [0.15, 0.2) is 23.1 Å². The van der Waals surface area contributed by atoms with E-state index in [-0.39, 0.29) is 28.6 Å². The lowest BCUT2D eigenvalue weighted by Gasteiger charge is -2.15. The Kier molecular flexibility index (Phi) is 6.56. The van der Waals surface area contributed by atoms with Gasteiger partial charge in [-0.15, -0.1) is 0 Å². The van der Waals surface area contributed by atoms with Crippen LogP contribution >= 0.6 is 11.6 Å².